The molecule has 0 aliphatic carbocycles. The predicted molar refractivity (Wildman–Crippen MR) is 48.8 cm³/mol. The molecule has 0 bridgehead atoms. The monoisotopic (exact) mass is 170 g/mol. The Morgan fingerprint density at radius 3 is 2.92 bits per heavy atom. The fourth-order valence-corrected chi connectivity index (χ4v) is 1.34. The zero-order valence-electron chi connectivity index (χ0n) is 7.89. The van der Waals surface area contributed by atoms with E-state index < -0.39 is 0 Å². The SMILES string of the molecule is CC(C)C(=O)NCC1CCNC1. The van der Waals surface area contributed by atoms with Crippen LogP contribution in [-0.2, 0) is 4.79 Å². The van der Waals surface area contributed by atoms with Crippen LogP contribution < -0.4 is 10.6 Å². The summed E-state index contributed by atoms with van der Waals surface area (Å²) in [5, 5.41) is 6.22. The predicted octanol–water partition coefficient (Wildman–Crippen LogP) is 0.368. The summed E-state index contributed by atoms with van der Waals surface area (Å²) in [7, 11) is 0. The number of amides is 1. The van der Waals surface area contributed by atoms with Crippen LogP contribution in [0.5, 0.6) is 0 Å². The molecule has 1 fully saturated rings. The molecular weight excluding hydrogens is 152 g/mol. The molecule has 0 aromatic carbocycles. The van der Waals surface area contributed by atoms with Gasteiger partial charge in [-0.1, -0.05) is 13.8 Å². The van der Waals surface area contributed by atoms with Crippen LogP contribution in [-0.4, -0.2) is 25.5 Å². The molecule has 0 saturated carbocycles. The molecule has 0 aromatic rings. The molecule has 1 rings (SSSR count). The molecule has 1 unspecified atom stereocenters. The first-order chi connectivity index (χ1) is 5.70. The maximum Gasteiger partial charge on any atom is 0.222 e. The lowest BCUT2D eigenvalue weighted by molar-refractivity contribution is -0.124. The zero-order chi connectivity index (χ0) is 8.97. The highest BCUT2D eigenvalue weighted by Gasteiger charge is 2.15. The quantitative estimate of drug-likeness (QED) is 0.642. The molecule has 0 aromatic heterocycles. The highest BCUT2D eigenvalue weighted by atomic mass is 16.1. The van der Waals surface area contributed by atoms with E-state index in [4.69, 9.17) is 0 Å². The summed E-state index contributed by atoms with van der Waals surface area (Å²) in [4.78, 5) is 11.2. The second kappa shape index (κ2) is 4.45. The van der Waals surface area contributed by atoms with Crippen LogP contribution in [0.15, 0.2) is 0 Å². The highest BCUT2D eigenvalue weighted by molar-refractivity contribution is 5.77. The van der Waals surface area contributed by atoms with Crippen molar-refractivity contribution in [1.29, 1.82) is 0 Å². The Balaban J connectivity index is 2.12. The summed E-state index contributed by atoms with van der Waals surface area (Å²) >= 11 is 0. The first-order valence-corrected chi connectivity index (χ1v) is 4.68. The molecule has 0 spiro atoms. The smallest absolute Gasteiger partial charge is 0.222 e. The van der Waals surface area contributed by atoms with Crippen molar-refractivity contribution in [2.45, 2.75) is 20.3 Å². The average molecular weight is 170 g/mol. The van der Waals surface area contributed by atoms with E-state index in [-0.39, 0.29) is 11.8 Å². The Bertz CT molecular complexity index is 151. The van der Waals surface area contributed by atoms with Crippen LogP contribution in [0.25, 0.3) is 0 Å². The maximum atomic E-state index is 11.2. The van der Waals surface area contributed by atoms with E-state index in [1.807, 2.05) is 13.8 Å². The summed E-state index contributed by atoms with van der Waals surface area (Å²) in [6.45, 7) is 6.83. The van der Waals surface area contributed by atoms with Crippen molar-refractivity contribution in [1.82, 2.24) is 10.6 Å². The van der Waals surface area contributed by atoms with Crippen molar-refractivity contribution in [2.24, 2.45) is 11.8 Å². The maximum absolute atomic E-state index is 11.2. The van der Waals surface area contributed by atoms with E-state index in [2.05, 4.69) is 10.6 Å². The van der Waals surface area contributed by atoms with E-state index in [1.54, 1.807) is 0 Å². The summed E-state index contributed by atoms with van der Waals surface area (Å²) < 4.78 is 0. The van der Waals surface area contributed by atoms with Gasteiger partial charge in [-0.15, -0.1) is 0 Å². The molecule has 1 saturated heterocycles. The van der Waals surface area contributed by atoms with Crippen molar-refractivity contribution in [2.75, 3.05) is 19.6 Å². The van der Waals surface area contributed by atoms with Gasteiger partial charge in [-0.05, 0) is 25.4 Å². The number of carbonyl (C=O) groups is 1. The van der Waals surface area contributed by atoms with E-state index >= 15 is 0 Å². The molecule has 3 heteroatoms. The van der Waals surface area contributed by atoms with Gasteiger partial charge in [0.15, 0.2) is 0 Å². The Labute approximate surface area is 73.9 Å². The van der Waals surface area contributed by atoms with Gasteiger partial charge in [0.2, 0.25) is 5.91 Å². The topological polar surface area (TPSA) is 41.1 Å². The summed E-state index contributed by atoms with van der Waals surface area (Å²) in [6, 6.07) is 0. The Kier molecular flexibility index (Phi) is 3.53. The van der Waals surface area contributed by atoms with Crippen LogP contribution in [0, 0.1) is 11.8 Å². The summed E-state index contributed by atoms with van der Waals surface area (Å²) in [5.74, 6) is 0.925. The molecule has 1 aliphatic rings. The van der Waals surface area contributed by atoms with Crippen molar-refractivity contribution in [3.63, 3.8) is 0 Å². The van der Waals surface area contributed by atoms with Gasteiger partial charge in [-0.3, -0.25) is 4.79 Å². The van der Waals surface area contributed by atoms with Gasteiger partial charge in [0.25, 0.3) is 0 Å². The lowest BCUT2D eigenvalue weighted by Crippen LogP contribution is -2.33. The fraction of sp³-hybridized carbons (Fsp3) is 0.889. The van der Waals surface area contributed by atoms with E-state index in [0.717, 1.165) is 19.6 Å². The zero-order valence-corrected chi connectivity index (χ0v) is 7.89. The number of hydrogen-bond acceptors (Lipinski definition) is 2. The van der Waals surface area contributed by atoms with E-state index in [0.29, 0.717) is 5.92 Å². The molecule has 3 nitrogen and oxygen atoms in total. The molecule has 2 N–H and O–H groups in total. The molecule has 1 heterocycles. The molecule has 1 amide bonds. The third-order valence-corrected chi connectivity index (χ3v) is 2.25. The standard InChI is InChI=1S/C9H18N2O/c1-7(2)9(12)11-6-8-3-4-10-5-8/h7-8,10H,3-6H2,1-2H3,(H,11,12). The first kappa shape index (κ1) is 9.52. The fourth-order valence-electron chi connectivity index (χ4n) is 1.34. The van der Waals surface area contributed by atoms with Crippen LogP contribution in [0.3, 0.4) is 0 Å². The third-order valence-electron chi connectivity index (χ3n) is 2.25. The number of rotatable bonds is 3. The number of nitrogens with one attached hydrogen (secondary N) is 2. The third kappa shape index (κ3) is 2.81. The minimum atomic E-state index is 0.111. The van der Waals surface area contributed by atoms with Gasteiger partial charge in [-0.2, -0.15) is 0 Å². The largest absolute Gasteiger partial charge is 0.356 e. The Morgan fingerprint density at radius 2 is 2.42 bits per heavy atom. The van der Waals surface area contributed by atoms with Gasteiger partial charge in [0.05, 0.1) is 0 Å². The first-order valence-electron chi connectivity index (χ1n) is 4.68. The molecule has 70 valence electrons. The summed E-state index contributed by atoms with van der Waals surface area (Å²) in [6.07, 6.45) is 1.19. The average Bonchev–Trinajstić information content (AvgIpc) is 2.51. The van der Waals surface area contributed by atoms with Crippen LogP contribution in [0.2, 0.25) is 0 Å². The minimum absolute atomic E-state index is 0.111. The van der Waals surface area contributed by atoms with E-state index in [1.165, 1.54) is 6.42 Å². The van der Waals surface area contributed by atoms with E-state index in [9.17, 15) is 4.79 Å². The van der Waals surface area contributed by atoms with Gasteiger partial charge >= 0.3 is 0 Å². The molecule has 1 aliphatic heterocycles. The van der Waals surface area contributed by atoms with Crippen LogP contribution in [0.1, 0.15) is 20.3 Å². The lowest BCUT2D eigenvalue weighted by Gasteiger charge is -2.11. The lowest BCUT2D eigenvalue weighted by atomic mass is 10.1. The highest BCUT2D eigenvalue weighted by Crippen LogP contribution is 2.05. The molecular formula is C9H18N2O. The van der Waals surface area contributed by atoms with Crippen molar-refractivity contribution >= 4 is 5.91 Å². The van der Waals surface area contributed by atoms with Gasteiger partial charge < -0.3 is 10.6 Å². The van der Waals surface area contributed by atoms with Crippen LogP contribution in [0.4, 0.5) is 0 Å². The number of carbonyl (C=O) groups excluding carboxylic acids is 1. The molecule has 1 atom stereocenters. The molecule has 0 radical (unpaired) electrons. The Morgan fingerprint density at radius 1 is 1.67 bits per heavy atom. The van der Waals surface area contributed by atoms with Crippen molar-refractivity contribution in [3.8, 4) is 0 Å². The van der Waals surface area contributed by atoms with Gasteiger partial charge in [0, 0.05) is 12.5 Å². The summed E-state index contributed by atoms with van der Waals surface area (Å²) in [5.41, 5.74) is 0. The Hall–Kier alpha value is -0.570. The van der Waals surface area contributed by atoms with Crippen LogP contribution >= 0.6 is 0 Å². The second-order valence-corrected chi connectivity index (χ2v) is 3.76. The van der Waals surface area contributed by atoms with Gasteiger partial charge in [-0.25, -0.2) is 0 Å². The number of hydrogen-bond donors (Lipinski definition) is 2. The second-order valence-electron chi connectivity index (χ2n) is 3.76. The normalized spacial score (nSPS) is 23.1. The molecule has 12 heavy (non-hydrogen) atoms. The minimum Gasteiger partial charge on any atom is -0.356 e. The van der Waals surface area contributed by atoms with Crippen molar-refractivity contribution < 1.29 is 4.79 Å². The van der Waals surface area contributed by atoms with Gasteiger partial charge in [0.1, 0.15) is 0 Å². The van der Waals surface area contributed by atoms with Crippen molar-refractivity contribution in [3.05, 3.63) is 0 Å².